The number of nitrogens with one attached hydrogen (secondary N) is 2. The Morgan fingerprint density at radius 1 is 1.03 bits per heavy atom. The second kappa shape index (κ2) is 10.8. The van der Waals surface area contributed by atoms with Gasteiger partial charge in [0.1, 0.15) is 11.8 Å². The zero-order valence-corrected chi connectivity index (χ0v) is 19.8. The van der Waals surface area contributed by atoms with Crippen LogP contribution in [0.15, 0.2) is 65.3 Å². The smallest absolute Gasteiger partial charge is 0.329 e. The zero-order valence-electron chi connectivity index (χ0n) is 19.8. The van der Waals surface area contributed by atoms with Crippen molar-refractivity contribution in [1.29, 1.82) is 0 Å². The first-order valence-corrected chi connectivity index (χ1v) is 11.2. The molecule has 2 heterocycles. The lowest BCUT2D eigenvalue weighted by Crippen LogP contribution is -2.49. The lowest BCUT2D eigenvalue weighted by Gasteiger charge is -2.34. The Morgan fingerprint density at radius 2 is 1.81 bits per heavy atom. The van der Waals surface area contributed by atoms with Crippen LogP contribution in [0.25, 0.3) is 0 Å². The fourth-order valence-electron chi connectivity index (χ4n) is 3.99. The van der Waals surface area contributed by atoms with Crippen molar-refractivity contribution in [2.45, 2.75) is 25.9 Å². The number of amides is 3. The Hall–Kier alpha value is -4.60. The van der Waals surface area contributed by atoms with E-state index in [1.54, 1.807) is 18.2 Å². The predicted molar refractivity (Wildman–Crippen MR) is 129 cm³/mol. The monoisotopic (exact) mass is 491 g/mol. The minimum Gasteiger partial charge on any atom is -0.495 e. The molecule has 10 heteroatoms. The van der Waals surface area contributed by atoms with E-state index >= 15 is 0 Å². The first-order chi connectivity index (χ1) is 17.4. The first-order valence-electron chi connectivity index (χ1n) is 11.2. The lowest BCUT2D eigenvalue weighted by atomic mass is 9.93. The SMILES string of the molecule is COc1ccc(NC(C)=O)cc1NC(=O)COC(=O)C1Cc2ccccc2CN1C(=O)c1ccco1. The second-order valence-electron chi connectivity index (χ2n) is 8.15. The molecule has 0 saturated carbocycles. The molecule has 0 saturated heterocycles. The number of methoxy groups -OCH3 is 1. The molecule has 2 N–H and O–H groups in total. The minimum atomic E-state index is -0.928. The molecule has 0 fully saturated rings. The van der Waals surface area contributed by atoms with Crippen molar-refractivity contribution < 1.29 is 33.1 Å². The third kappa shape index (κ3) is 5.54. The molecule has 1 aliphatic heterocycles. The van der Waals surface area contributed by atoms with E-state index in [0.717, 1.165) is 11.1 Å². The highest BCUT2D eigenvalue weighted by Gasteiger charge is 2.37. The fourth-order valence-corrected chi connectivity index (χ4v) is 3.99. The summed E-state index contributed by atoms with van der Waals surface area (Å²) in [4.78, 5) is 51.4. The van der Waals surface area contributed by atoms with Crippen LogP contribution in [0.3, 0.4) is 0 Å². The van der Waals surface area contributed by atoms with E-state index in [2.05, 4.69) is 10.6 Å². The molecule has 186 valence electrons. The molecule has 10 nitrogen and oxygen atoms in total. The summed E-state index contributed by atoms with van der Waals surface area (Å²) in [5.41, 5.74) is 2.60. The van der Waals surface area contributed by atoms with E-state index in [4.69, 9.17) is 13.9 Å². The summed E-state index contributed by atoms with van der Waals surface area (Å²) in [7, 11) is 1.44. The number of benzene rings is 2. The number of rotatable bonds is 7. The molecule has 2 aromatic carbocycles. The molecule has 3 amide bonds. The number of nitrogens with zero attached hydrogens (tertiary/aromatic N) is 1. The van der Waals surface area contributed by atoms with Crippen LogP contribution < -0.4 is 15.4 Å². The van der Waals surface area contributed by atoms with Gasteiger partial charge in [0.05, 0.1) is 19.1 Å². The Balaban J connectivity index is 1.45. The van der Waals surface area contributed by atoms with Crippen molar-refractivity contribution in [3.63, 3.8) is 0 Å². The van der Waals surface area contributed by atoms with Crippen LogP contribution in [0, 0.1) is 0 Å². The summed E-state index contributed by atoms with van der Waals surface area (Å²) >= 11 is 0. The highest BCUT2D eigenvalue weighted by molar-refractivity contribution is 5.97. The maximum atomic E-state index is 13.0. The van der Waals surface area contributed by atoms with E-state index in [0.29, 0.717) is 17.1 Å². The van der Waals surface area contributed by atoms with Crippen LogP contribution in [0.1, 0.15) is 28.6 Å². The zero-order chi connectivity index (χ0) is 25.7. The van der Waals surface area contributed by atoms with E-state index in [9.17, 15) is 19.2 Å². The van der Waals surface area contributed by atoms with Gasteiger partial charge in [-0.1, -0.05) is 24.3 Å². The molecule has 0 bridgehead atoms. The number of ether oxygens (including phenoxy) is 2. The Morgan fingerprint density at radius 3 is 2.50 bits per heavy atom. The summed E-state index contributed by atoms with van der Waals surface area (Å²) in [6.07, 6.45) is 1.63. The average molecular weight is 492 g/mol. The lowest BCUT2D eigenvalue weighted by molar-refractivity contribution is -0.152. The molecule has 1 atom stereocenters. The fraction of sp³-hybridized carbons (Fsp3) is 0.231. The van der Waals surface area contributed by atoms with Gasteiger partial charge in [-0.2, -0.15) is 0 Å². The van der Waals surface area contributed by atoms with Crippen LogP contribution in [0.2, 0.25) is 0 Å². The molecule has 0 spiro atoms. The number of anilines is 2. The molecular formula is C26H25N3O7. The van der Waals surface area contributed by atoms with Gasteiger partial charge < -0.3 is 29.4 Å². The topological polar surface area (TPSA) is 127 Å². The first kappa shape index (κ1) is 24.5. The van der Waals surface area contributed by atoms with Gasteiger partial charge in [-0.3, -0.25) is 14.4 Å². The van der Waals surface area contributed by atoms with Crippen LogP contribution in [-0.4, -0.2) is 48.3 Å². The van der Waals surface area contributed by atoms with E-state index in [1.165, 1.54) is 37.3 Å². The highest BCUT2D eigenvalue weighted by atomic mass is 16.5. The van der Waals surface area contributed by atoms with Crippen LogP contribution in [0.5, 0.6) is 5.75 Å². The molecule has 0 aliphatic carbocycles. The van der Waals surface area contributed by atoms with E-state index < -0.39 is 30.4 Å². The van der Waals surface area contributed by atoms with E-state index in [-0.39, 0.29) is 24.6 Å². The van der Waals surface area contributed by atoms with Crippen LogP contribution in [-0.2, 0) is 32.1 Å². The standard InChI is InChI=1S/C26H25N3O7/c1-16(30)27-19-9-10-22(34-2)20(13-19)28-24(31)15-36-26(33)21-12-17-6-3-4-7-18(17)14-29(21)25(32)23-8-5-11-35-23/h3-11,13,21H,12,14-15H2,1-2H3,(H,27,30)(H,28,31). The largest absolute Gasteiger partial charge is 0.495 e. The van der Waals surface area contributed by atoms with Crippen molar-refractivity contribution in [2.24, 2.45) is 0 Å². The highest BCUT2D eigenvalue weighted by Crippen LogP contribution is 2.28. The van der Waals surface area contributed by atoms with Crippen molar-refractivity contribution >= 4 is 35.1 Å². The molecule has 4 rings (SSSR count). The Labute approximate surface area is 207 Å². The molecular weight excluding hydrogens is 466 g/mol. The number of hydrogen-bond donors (Lipinski definition) is 2. The van der Waals surface area contributed by atoms with Crippen molar-refractivity contribution in [2.75, 3.05) is 24.4 Å². The predicted octanol–water partition coefficient (Wildman–Crippen LogP) is 3.00. The quantitative estimate of drug-likeness (QED) is 0.487. The van der Waals surface area contributed by atoms with Gasteiger partial charge in [0, 0.05) is 25.6 Å². The van der Waals surface area contributed by atoms with Gasteiger partial charge in [0.25, 0.3) is 11.8 Å². The van der Waals surface area contributed by atoms with Gasteiger partial charge in [-0.25, -0.2) is 4.79 Å². The number of fused-ring (bicyclic) bond motifs is 1. The van der Waals surface area contributed by atoms with Gasteiger partial charge in [-0.15, -0.1) is 0 Å². The summed E-state index contributed by atoms with van der Waals surface area (Å²) in [5.74, 6) is -1.56. The molecule has 1 aromatic heterocycles. The minimum absolute atomic E-state index is 0.107. The maximum absolute atomic E-state index is 13.0. The van der Waals surface area contributed by atoms with Crippen molar-refractivity contribution in [1.82, 2.24) is 4.90 Å². The average Bonchev–Trinajstić information content (AvgIpc) is 3.41. The van der Waals surface area contributed by atoms with Gasteiger partial charge in [0.2, 0.25) is 5.91 Å². The summed E-state index contributed by atoms with van der Waals surface area (Å²) in [5, 5.41) is 5.24. The maximum Gasteiger partial charge on any atom is 0.329 e. The van der Waals surface area contributed by atoms with Gasteiger partial charge in [0.15, 0.2) is 12.4 Å². The van der Waals surface area contributed by atoms with Gasteiger partial charge in [-0.05, 0) is 41.5 Å². The molecule has 36 heavy (non-hydrogen) atoms. The van der Waals surface area contributed by atoms with Crippen molar-refractivity contribution in [3.8, 4) is 5.75 Å². The van der Waals surface area contributed by atoms with E-state index in [1.807, 2.05) is 24.3 Å². The summed E-state index contributed by atoms with van der Waals surface area (Å²) in [6, 6.07) is 14.5. The number of carbonyl (C=O) groups is 4. The summed E-state index contributed by atoms with van der Waals surface area (Å²) in [6.45, 7) is 0.994. The van der Waals surface area contributed by atoms with Crippen LogP contribution in [0.4, 0.5) is 11.4 Å². The number of hydrogen-bond acceptors (Lipinski definition) is 7. The number of carbonyl (C=O) groups excluding carboxylic acids is 4. The Kier molecular flexibility index (Phi) is 7.33. The summed E-state index contributed by atoms with van der Waals surface area (Å²) < 4.78 is 15.8. The molecule has 1 unspecified atom stereocenters. The van der Waals surface area contributed by atoms with Crippen LogP contribution >= 0.6 is 0 Å². The second-order valence-corrected chi connectivity index (χ2v) is 8.15. The molecule has 3 aromatic rings. The number of furan rings is 1. The third-order valence-electron chi connectivity index (χ3n) is 5.65. The van der Waals surface area contributed by atoms with Crippen molar-refractivity contribution in [3.05, 3.63) is 77.7 Å². The molecule has 1 aliphatic rings. The Bertz CT molecular complexity index is 1290. The van der Waals surface area contributed by atoms with Gasteiger partial charge >= 0.3 is 5.97 Å². The third-order valence-corrected chi connectivity index (χ3v) is 5.65. The molecule has 0 radical (unpaired) electrons. The number of esters is 1. The normalized spacial score (nSPS) is 14.4.